The van der Waals surface area contributed by atoms with E-state index in [1.54, 1.807) is 0 Å². The lowest BCUT2D eigenvalue weighted by molar-refractivity contribution is 0.186. The van der Waals surface area contributed by atoms with Gasteiger partial charge in [0.25, 0.3) is 0 Å². The van der Waals surface area contributed by atoms with Crippen molar-refractivity contribution in [2.45, 2.75) is 58.6 Å². The van der Waals surface area contributed by atoms with E-state index in [9.17, 15) is 5.11 Å². The number of nitrogens with one attached hydrogen (secondary N) is 1. The van der Waals surface area contributed by atoms with Crippen LogP contribution in [0, 0.1) is 0 Å². The van der Waals surface area contributed by atoms with Crippen LogP contribution in [0.1, 0.15) is 57.2 Å². The number of anilines is 1. The minimum atomic E-state index is -0.215. The maximum absolute atomic E-state index is 9.50. The highest BCUT2D eigenvalue weighted by Crippen LogP contribution is 2.30. The number of aryl methyl sites for hydroxylation is 1. The number of hydrogen-bond acceptors (Lipinski definition) is 3. The first kappa shape index (κ1) is 16.3. The number of aliphatic hydroxyl groups is 1. The summed E-state index contributed by atoms with van der Waals surface area (Å²) < 4.78 is 0. The van der Waals surface area contributed by atoms with E-state index in [0.29, 0.717) is 6.04 Å². The molecule has 3 heteroatoms. The lowest BCUT2D eigenvalue weighted by atomic mass is 9.96. The van der Waals surface area contributed by atoms with Crippen molar-refractivity contribution in [2.24, 2.45) is 0 Å². The fourth-order valence-electron chi connectivity index (χ4n) is 3.02. The molecule has 2 N–H and O–H groups in total. The smallest absolute Gasteiger partial charge is 0.0528 e. The van der Waals surface area contributed by atoms with Crippen molar-refractivity contribution in [1.82, 2.24) is 5.32 Å². The second-order valence-corrected chi connectivity index (χ2v) is 6.29. The van der Waals surface area contributed by atoms with Crippen LogP contribution in [-0.4, -0.2) is 30.8 Å². The first-order valence-corrected chi connectivity index (χ1v) is 8.41. The quantitative estimate of drug-likeness (QED) is 0.809. The molecule has 1 aliphatic heterocycles. The largest absolute Gasteiger partial charge is 0.393 e. The van der Waals surface area contributed by atoms with Crippen molar-refractivity contribution >= 4 is 5.69 Å². The van der Waals surface area contributed by atoms with Crippen LogP contribution in [0.2, 0.25) is 0 Å². The highest BCUT2D eigenvalue weighted by Gasteiger charge is 2.18. The normalized spacial score (nSPS) is 17.4. The summed E-state index contributed by atoms with van der Waals surface area (Å²) in [6.07, 6.45) is 4.19. The Morgan fingerprint density at radius 2 is 2.14 bits per heavy atom. The number of fused-ring (bicyclic) bond motifs is 1. The van der Waals surface area contributed by atoms with Crippen LogP contribution in [0.15, 0.2) is 18.2 Å². The van der Waals surface area contributed by atoms with Crippen LogP contribution >= 0.6 is 0 Å². The summed E-state index contributed by atoms with van der Waals surface area (Å²) in [4.78, 5) is 2.43. The highest BCUT2D eigenvalue weighted by atomic mass is 16.3. The summed E-state index contributed by atoms with van der Waals surface area (Å²) in [6, 6.07) is 7.32. The van der Waals surface area contributed by atoms with Crippen LogP contribution < -0.4 is 10.2 Å². The third kappa shape index (κ3) is 4.45. The minimum absolute atomic E-state index is 0.215. The molecule has 0 fully saturated rings. The van der Waals surface area contributed by atoms with E-state index < -0.39 is 0 Å². The van der Waals surface area contributed by atoms with Crippen molar-refractivity contribution in [3.8, 4) is 0 Å². The molecule has 1 aromatic carbocycles. The van der Waals surface area contributed by atoms with E-state index >= 15 is 0 Å². The van der Waals surface area contributed by atoms with Crippen molar-refractivity contribution < 1.29 is 5.11 Å². The van der Waals surface area contributed by atoms with Gasteiger partial charge in [-0.1, -0.05) is 19.1 Å². The Balaban J connectivity index is 2.08. The summed E-state index contributed by atoms with van der Waals surface area (Å²) in [7, 11) is 0. The van der Waals surface area contributed by atoms with Gasteiger partial charge in [-0.15, -0.1) is 0 Å². The maximum Gasteiger partial charge on any atom is 0.0528 e. The molecule has 0 aromatic heterocycles. The molecule has 0 saturated heterocycles. The van der Waals surface area contributed by atoms with Gasteiger partial charge in [0, 0.05) is 24.8 Å². The van der Waals surface area contributed by atoms with Gasteiger partial charge in [-0.3, -0.25) is 0 Å². The standard InChI is InChI=1S/C18H30N2O/c1-4-10-19-15(3)16-7-8-18-17(13-16)6-5-11-20(18)12-9-14(2)21/h7-8,13-15,19,21H,4-6,9-12H2,1-3H3. The summed E-state index contributed by atoms with van der Waals surface area (Å²) in [5, 5.41) is 13.1. The van der Waals surface area contributed by atoms with Gasteiger partial charge in [-0.25, -0.2) is 0 Å². The number of hydrogen-bond donors (Lipinski definition) is 2. The predicted octanol–water partition coefficient (Wildman–Crippen LogP) is 3.27. The SMILES string of the molecule is CCCNC(C)c1ccc2c(c1)CCCN2CCC(C)O. The van der Waals surface area contributed by atoms with E-state index in [2.05, 4.69) is 42.3 Å². The molecular weight excluding hydrogens is 260 g/mol. The van der Waals surface area contributed by atoms with Crippen LogP contribution in [0.25, 0.3) is 0 Å². The molecule has 1 heterocycles. The fourth-order valence-corrected chi connectivity index (χ4v) is 3.02. The Morgan fingerprint density at radius 1 is 1.33 bits per heavy atom. The topological polar surface area (TPSA) is 35.5 Å². The lowest BCUT2D eigenvalue weighted by Crippen LogP contribution is -2.32. The lowest BCUT2D eigenvalue weighted by Gasteiger charge is -2.32. The first-order chi connectivity index (χ1) is 10.1. The van der Waals surface area contributed by atoms with Crippen LogP contribution in [0.4, 0.5) is 5.69 Å². The average Bonchev–Trinajstić information content (AvgIpc) is 2.49. The minimum Gasteiger partial charge on any atom is -0.393 e. The van der Waals surface area contributed by atoms with E-state index in [-0.39, 0.29) is 6.10 Å². The zero-order chi connectivity index (χ0) is 15.2. The second kappa shape index (κ2) is 7.81. The molecule has 0 radical (unpaired) electrons. The Labute approximate surface area is 129 Å². The maximum atomic E-state index is 9.50. The number of benzene rings is 1. The summed E-state index contributed by atoms with van der Waals surface area (Å²) in [5.74, 6) is 0. The molecule has 1 aliphatic rings. The monoisotopic (exact) mass is 290 g/mol. The molecule has 1 aromatic rings. The number of rotatable bonds is 7. The summed E-state index contributed by atoms with van der Waals surface area (Å²) in [5.41, 5.74) is 4.22. The van der Waals surface area contributed by atoms with Gasteiger partial charge in [-0.2, -0.15) is 0 Å². The second-order valence-electron chi connectivity index (χ2n) is 6.29. The predicted molar refractivity (Wildman–Crippen MR) is 90.0 cm³/mol. The molecule has 0 aliphatic carbocycles. The Morgan fingerprint density at radius 3 is 2.86 bits per heavy atom. The zero-order valence-electron chi connectivity index (χ0n) is 13.7. The number of nitrogens with zero attached hydrogens (tertiary/aromatic N) is 1. The van der Waals surface area contributed by atoms with Gasteiger partial charge < -0.3 is 15.3 Å². The Hall–Kier alpha value is -1.06. The molecule has 0 bridgehead atoms. The summed E-state index contributed by atoms with van der Waals surface area (Å²) in [6.45, 7) is 9.45. The molecule has 0 spiro atoms. The molecule has 0 amide bonds. The Kier molecular flexibility index (Phi) is 6.07. The fraction of sp³-hybridized carbons (Fsp3) is 0.667. The molecule has 2 rings (SSSR count). The molecule has 3 nitrogen and oxygen atoms in total. The van der Waals surface area contributed by atoms with Gasteiger partial charge in [-0.05, 0) is 63.3 Å². The highest BCUT2D eigenvalue weighted by molar-refractivity contribution is 5.57. The number of aliphatic hydroxyl groups excluding tert-OH is 1. The Bertz CT molecular complexity index is 445. The van der Waals surface area contributed by atoms with Crippen molar-refractivity contribution in [3.05, 3.63) is 29.3 Å². The van der Waals surface area contributed by atoms with Crippen molar-refractivity contribution in [1.29, 1.82) is 0 Å². The van der Waals surface area contributed by atoms with E-state index in [1.807, 2.05) is 6.92 Å². The molecule has 2 unspecified atom stereocenters. The van der Waals surface area contributed by atoms with Gasteiger partial charge in [0.15, 0.2) is 0 Å². The van der Waals surface area contributed by atoms with Crippen LogP contribution in [-0.2, 0) is 6.42 Å². The molecule has 21 heavy (non-hydrogen) atoms. The van der Waals surface area contributed by atoms with Gasteiger partial charge in [0.1, 0.15) is 0 Å². The molecule has 118 valence electrons. The van der Waals surface area contributed by atoms with Crippen LogP contribution in [0.3, 0.4) is 0 Å². The molecular formula is C18H30N2O. The third-order valence-electron chi connectivity index (χ3n) is 4.34. The molecule has 2 atom stereocenters. The third-order valence-corrected chi connectivity index (χ3v) is 4.34. The summed E-state index contributed by atoms with van der Waals surface area (Å²) >= 11 is 0. The van der Waals surface area contributed by atoms with Crippen LogP contribution in [0.5, 0.6) is 0 Å². The first-order valence-electron chi connectivity index (χ1n) is 8.41. The zero-order valence-corrected chi connectivity index (χ0v) is 13.7. The average molecular weight is 290 g/mol. The van der Waals surface area contributed by atoms with Crippen molar-refractivity contribution in [3.63, 3.8) is 0 Å². The van der Waals surface area contributed by atoms with E-state index in [0.717, 1.165) is 26.1 Å². The van der Waals surface area contributed by atoms with Crippen molar-refractivity contribution in [2.75, 3.05) is 24.5 Å². The van der Waals surface area contributed by atoms with Gasteiger partial charge >= 0.3 is 0 Å². The van der Waals surface area contributed by atoms with Gasteiger partial charge in [0.2, 0.25) is 0 Å². The van der Waals surface area contributed by atoms with Gasteiger partial charge in [0.05, 0.1) is 6.10 Å². The molecule has 0 saturated carbocycles. The van der Waals surface area contributed by atoms with E-state index in [1.165, 1.54) is 36.1 Å². The van der Waals surface area contributed by atoms with E-state index in [4.69, 9.17) is 0 Å².